The van der Waals surface area contributed by atoms with Crippen molar-refractivity contribution in [2.45, 2.75) is 13.5 Å². The number of pyridine rings is 1. The van der Waals surface area contributed by atoms with Crippen LogP contribution in [0.3, 0.4) is 0 Å². The van der Waals surface area contributed by atoms with E-state index in [0.29, 0.717) is 12.2 Å². The summed E-state index contributed by atoms with van der Waals surface area (Å²) in [5.41, 5.74) is 5.07. The summed E-state index contributed by atoms with van der Waals surface area (Å²) in [7, 11) is 0. The van der Waals surface area contributed by atoms with Gasteiger partial charge >= 0.3 is 0 Å². The number of rotatable bonds is 5. The zero-order valence-corrected chi connectivity index (χ0v) is 16.7. The Labute approximate surface area is 172 Å². The average molecular weight is 386 g/mol. The van der Waals surface area contributed by atoms with Crippen LogP contribution in [0.4, 0.5) is 11.4 Å². The van der Waals surface area contributed by atoms with E-state index in [1.54, 1.807) is 6.20 Å². The number of benzene rings is 2. The van der Waals surface area contributed by atoms with E-state index < -0.39 is 0 Å². The molecule has 1 fully saturated rings. The first kappa shape index (κ1) is 19.0. The Morgan fingerprint density at radius 2 is 1.52 bits per heavy atom. The smallest absolute Gasteiger partial charge is 0.270 e. The number of aryl methyl sites for hydroxylation is 1. The highest BCUT2D eigenvalue weighted by Crippen LogP contribution is 2.20. The molecule has 0 spiro atoms. The van der Waals surface area contributed by atoms with Crippen LogP contribution in [0.1, 0.15) is 21.6 Å². The summed E-state index contributed by atoms with van der Waals surface area (Å²) in [4.78, 5) is 21.5. The summed E-state index contributed by atoms with van der Waals surface area (Å²) in [5.74, 6) is -0.147. The van der Waals surface area contributed by atoms with E-state index in [1.807, 2.05) is 42.5 Å². The van der Waals surface area contributed by atoms with Crippen molar-refractivity contribution in [2.75, 3.05) is 36.0 Å². The van der Waals surface area contributed by atoms with Crippen molar-refractivity contribution in [3.8, 4) is 0 Å². The Kier molecular flexibility index (Phi) is 5.75. The zero-order chi connectivity index (χ0) is 20.1. The van der Waals surface area contributed by atoms with Gasteiger partial charge in [-0.15, -0.1) is 0 Å². The molecule has 1 saturated heterocycles. The summed E-state index contributed by atoms with van der Waals surface area (Å²) in [5, 5.41) is 2.94. The summed E-state index contributed by atoms with van der Waals surface area (Å²) < 4.78 is 0. The number of para-hydroxylation sites is 1. The number of carbonyl (C=O) groups is 1. The lowest BCUT2D eigenvalue weighted by molar-refractivity contribution is 0.0946. The van der Waals surface area contributed by atoms with Crippen molar-refractivity contribution >= 4 is 17.3 Å². The number of hydrogen-bond acceptors (Lipinski definition) is 4. The average Bonchev–Trinajstić information content (AvgIpc) is 2.79. The van der Waals surface area contributed by atoms with Crippen molar-refractivity contribution in [2.24, 2.45) is 0 Å². The normalized spacial score (nSPS) is 14.0. The van der Waals surface area contributed by atoms with Gasteiger partial charge in [-0.05, 0) is 36.8 Å². The fourth-order valence-electron chi connectivity index (χ4n) is 3.55. The summed E-state index contributed by atoms with van der Waals surface area (Å²) in [6, 6.07) is 22.5. The summed E-state index contributed by atoms with van der Waals surface area (Å²) in [6.07, 6.45) is 1.80. The maximum Gasteiger partial charge on any atom is 0.270 e. The summed E-state index contributed by atoms with van der Waals surface area (Å²) >= 11 is 0. The van der Waals surface area contributed by atoms with Crippen LogP contribution in [0, 0.1) is 6.92 Å². The fourth-order valence-corrected chi connectivity index (χ4v) is 3.55. The maximum atomic E-state index is 12.4. The Bertz CT molecular complexity index is 931. The number of nitrogens with one attached hydrogen (secondary N) is 1. The third kappa shape index (κ3) is 4.74. The molecule has 1 aliphatic rings. The molecule has 0 radical (unpaired) electrons. The lowest BCUT2D eigenvalue weighted by atomic mass is 10.1. The second kappa shape index (κ2) is 8.78. The minimum absolute atomic E-state index is 0.147. The van der Waals surface area contributed by atoms with Crippen LogP contribution in [0.2, 0.25) is 0 Å². The predicted octanol–water partition coefficient (Wildman–Crippen LogP) is 3.65. The molecule has 1 amide bonds. The number of piperazine rings is 1. The lowest BCUT2D eigenvalue weighted by Crippen LogP contribution is -2.46. The van der Waals surface area contributed by atoms with Gasteiger partial charge in [-0.25, -0.2) is 4.98 Å². The van der Waals surface area contributed by atoms with Crippen LogP contribution in [-0.2, 0) is 6.54 Å². The predicted molar refractivity (Wildman–Crippen MR) is 117 cm³/mol. The quantitative estimate of drug-likeness (QED) is 0.727. The van der Waals surface area contributed by atoms with E-state index in [-0.39, 0.29) is 5.91 Å². The second-order valence-corrected chi connectivity index (χ2v) is 7.38. The third-order valence-electron chi connectivity index (χ3n) is 5.32. The molecule has 0 aliphatic carbocycles. The van der Waals surface area contributed by atoms with Crippen molar-refractivity contribution in [3.05, 3.63) is 89.7 Å². The molecule has 5 nitrogen and oxygen atoms in total. The first-order chi connectivity index (χ1) is 14.2. The number of nitrogens with zero attached hydrogens (tertiary/aromatic N) is 3. The van der Waals surface area contributed by atoms with Gasteiger partial charge in [0.25, 0.3) is 5.91 Å². The van der Waals surface area contributed by atoms with Crippen molar-refractivity contribution in [1.82, 2.24) is 10.3 Å². The largest absolute Gasteiger partial charge is 0.368 e. The Balaban J connectivity index is 1.31. The number of aromatic nitrogens is 1. The van der Waals surface area contributed by atoms with Gasteiger partial charge in [0, 0.05) is 38.4 Å². The molecular weight excluding hydrogens is 360 g/mol. The lowest BCUT2D eigenvalue weighted by Gasteiger charge is -2.37. The standard InChI is InChI=1S/C24H26N4O/c1-19-7-9-20(10-8-19)17-26-24(29)23-12-11-22(18-25-23)28-15-13-27(14-16-28)21-5-3-2-4-6-21/h2-12,18H,13-17H2,1H3,(H,26,29). The molecule has 2 heterocycles. The molecule has 0 unspecified atom stereocenters. The van der Waals surface area contributed by atoms with E-state index >= 15 is 0 Å². The van der Waals surface area contributed by atoms with E-state index in [0.717, 1.165) is 37.4 Å². The van der Waals surface area contributed by atoms with E-state index in [2.05, 4.69) is 51.3 Å². The highest BCUT2D eigenvalue weighted by Gasteiger charge is 2.18. The van der Waals surface area contributed by atoms with Gasteiger partial charge < -0.3 is 15.1 Å². The van der Waals surface area contributed by atoms with Gasteiger partial charge in [0.05, 0.1) is 11.9 Å². The van der Waals surface area contributed by atoms with Gasteiger partial charge in [0.2, 0.25) is 0 Å². The SMILES string of the molecule is Cc1ccc(CNC(=O)c2ccc(N3CCN(c4ccccc4)CC3)cn2)cc1. The van der Waals surface area contributed by atoms with Crippen molar-refractivity contribution in [3.63, 3.8) is 0 Å². The molecule has 4 rings (SSSR count). The van der Waals surface area contributed by atoms with Crippen molar-refractivity contribution < 1.29 is 4.79 Å². The van der Waals surface area contributed by atoms with E-state index in [9.17, 15) is 4.79 Å². The Morgan fingerprint density at radius 1 is 0.862 bits per heavy atom. The molecule has 0 bridgehead atoms. The molecule has 1 N–H and O–H groups in total. The highest BCUT2D eigenvalue weighted by molar-refractivity contribution is 5.92. The fraction of sp³-hybridized carbons (Fsp3) is 0.250. The number of hydrogen-bond donors (Lipinski definition) is 1. The Hall–Kier alpha value is -3.34. The first-order valence-electron chi connectivity index (χ1n) is 10.0. The van der Waals surface area contributed by atoms with Gasteiger partial charge in [-0.1, -0.05) is 48.0 Å². The monoisotopic (exact) mass is 386 g/mol. The minimum Gasteiger partial charge on any atom is -0.368 e. The van der Waals surface area contributed by atoms with Gasteiger partial charge in [0.1, 0.15) is 5.69 Å². The molecule has 1 aromatic heterocycles. The van der Waals surface area contributed by atoms with Crippen LogP contribution >= 0.6 is 0 Å². The number of amides is 1. The molecule has 148 valence electrons. The highest BCUT2D eigenvalue weighted by atomic mass is 16.1. The minimum atomic E-state index is -0.147. The maximum absolute atomic E-state index is 12.4. The molecule has 0 saturated carbocycles. The molecule has 0 atom stereocenters. The number of anilines is 2. The molecule has 5 heteroatoms. The molecule has 3 aromatic rings. The third-order valence-corrected chi connectivity index (χ3v) is 5.32. The first-order valence-corrected chi connectivity index (χ1v) is 10.0. The van der Waals surface area contributed by atoms with Crippen LogP contribution in [0.25, 0.3) is 0 Å². The topological polar surface area (TPSA) is 48.5 Å². The van der Waals surface area contributed by atoms with Gasteiger partial charge in [0.15, 0.2) is 0 Å². The molecule has 29 heavy (non-hydrogen) atoms. The van der Waals surface area contributed by atoms with Crippen LogP contribution in [-0.4, -0.2) is 37.1 Å². The molecule has 2 aromatic carbocycles. The van der Waals surface area contributed by atoms with Crippen molar-refractivity contribution in [1.29, 1.82) is 0 Å². The molecule has 1 aliphatic heterocycles. The summed E-state index contributed by atoms with van der Waals surface area (Å²) in [6.45, 7) is 6.38. The Morgan fingerprint density at radius 3 is 2.14 bits per heavy atom. The van der Waals surface area contributed by atoms with Crippen LogP contribution < -0.4 is 15.1 Å². The van der Waals surface area contributed by atoms with Crippen LogP contribution in [0.15, 0.2) is 72.9 Å². The zero-order valence-electron chi connectivity index (χ0n) is 16.7. The van der Waals surface area contributed by atoms with E-state index in [1.165, 1.54) is 11.3 Å². The van der Waals surface area contributed by atoms with E-state index in [4.69, 9.17) is 0 Å². The second-order valence-electron chi connectivity index (χ2n) is 7.38. The van der Waals surface area contributed by atoms with Crippen LogP contribution in [0.5, 0.6) is 0 Å². The van der Waals surface area contributed by atoms with Gasteiger partial charge in [-0.2, -0.15) is 0 Å². The number of carbonyl (C=O) groups excluding carboxylic acids is 1. The van der Waals surface area contributed by atoms with Gasteiger partial charge in [-0.3, -0.25) is 4.79 Å². The molecular formula is C24H26N4O.